The first-order chi connectivity index (χ1) is 11.9. The highest BCUT2D eigenvalue weighted by molar-refractivity contribution is 6.31. The van der Waals surface area contributed by atoms with E-state index in [-0.39, 0.29) is 23.3 Å². The summed E-state index contributed by atoms with van der Waals surface area (Å²) in [6.07, 6.45) is 0. The summed E-state index contributed by atoms with van der Waals surface area (Å²) in [4.78, 5) is 27.2. The number of rotatable bonds is 1. The number of anilines is 1. The molecule has 2 heterocycles. The Hall–Kier alpha value is -2.37. The molecule has 5 nitrogen and oxygen atoms in total. The number of nitrogens with one attached hydrogen (secondary N) is 1. The Morgan fingerprint density at radius 2 is 1.88 bits per heavy atom. The highest BCUT2D eigenvalue weighted by Gasteiger charge is 2.57. The number of carbonyl (C=O) groups excluding carboxylic acids is 2. The van der Waals surface area contributed by atoms with Gasteiger partial charge in [-0.05, 0) is 30.2 Å². The van der Waals surface area contributed by atoms with Gasteiger partial charge in [-0.3, -0.25) is 14.5 Å². The van der Waals surface area contributed by atoms with Crippen molar-refractivity contribution < 1.29 is 14.7 Å². The van der Waals surface area contributed by atoms with Gasteiger partial charge in [0.05, 0.1) is 17.3 Å². The van der Waals surface area contributed by atoms with E-state index in [1.165, 1.54) is 11.0 Å². The SMILES string of the molecule is CC(C)[C@@H]1NC(=O)c2cc(Cl)ccc2N2C(=O)c3ccccc3[C@]12O. The second kappa shape index (κ2) is 5.31. The summed E-state index contributed by atoms with van der Waals surface area (Å²) in [6.45, 7) is 3.80. The monoisotopic (exact) mass is 356 g/mol. The molecule has 0 unspecified atom stereocenters. The van der Waals surface area contributed by atoms with Crippen molar-refractivity contribution in [3.63, 3.8) is 0 Å². The molecule has 0 aromatic heterocycles. The van der Waals surface area contributed by atoms with Crippen LogP contribution in [0.15, 0.2) is 42.5 Å². The summed E-state index contributed by atoms with van der Waals surface area (Å²) >= 11 is 6.05. The van der Waals surface area contributed by atoms with Gasteiger partial charge in [0, 0.05) is 16.1 Å². The van der Waals surface area contributed by atoms with Crippen molar-refractivity contribution in [2.24, 2.45) is 5.92 Å². The summed E-state index contributed by atoms with van der Waals surface area (Å²) in [5.41, 5.74) is -0.0881. The van der Waals surface area contributed by atoms with Crippen molar-refractivity contribution in [3.8, 4) is 0 Å². The van der Waals surface area contributed by atoms with Crippen LogP contribution in [-0.2, 0) is 5.72 Å². The highest BCUT2D eigenvalue weighted by Crippen LogP contribution is 2.47. The van der Waals surface area contributed by atoms with Gasteiger partial charge in [0.25, 0.3) is 11.8 Å². The van der Waals surface area contributed by atoms with Gasteiger partial charge in [-0.15, -0.1) is 0 Å². The first-order valence-corrected chi connectivity index (χ1v) is 8.50. The third-order valence-corrected chi connectivity index (χ3v) is 5.16. The summed E-state index contributed by atoms with van der Waals surface area (Å²) in [5, 5.41) is 15.0. The first-order valence-electron chi connectivity index (χ1n) is 8.12. The number of amides is 2. The molecule has 2 atom stereocenters. The molecular weight excluding hydrogens is 340 g/mol. The fraction of sp³-hybridized carbons (Fsp3) is 0.263. The van der Waals surface area contributed by atoms with E-state index in [0.29, 0.717) is 21.8 Å². The molecule has 2 aromatic rings. The normalized spacial score (nSPS) is 24.5. The molecule has 2 aliphatic heterocycles. The molecule has 0 aliphatic carbocycles. The van der Waals surface area contributed by atoms with E-state index >= 15 is 0 Å². The molecule has 25 heavy (non-hydrogen) atoms. The maximum Gasteiger partial charge on any atom is 0.261 e. The summed E-state index contributed by atoms with van der Waals surface area (Å²) < 4.78 is 0. The fourth-order valence-corrected chi connectivity index (χ4v) is 3.99. The molecule has 2 amide bonds. The lowest BCUT2D eigenvalue weighted by Crippen LogP contribution is -2.59. The average Bonchev–Trinajstić information content (AvgIpc) is 2.75. The van der Waals surface area contributed by atoms with Crippen LogP contribution in [0.4, 0.5) is 5.69 Å². The lowest BCUT2D eigenvalue weighted by Gasteiger charge is -2.40. The average molecular weight is 357 g/mol. The van der Waals surface area contributed by atoms with Crippen molar-refractivity contribution in [1.82, 2.24) is 5.32 Å². The van der Waals surface area contributed by atoms with E-state index in [2.05, 4.69) is 5.32 Å². The van der Waals surface area contributed by atoms with Crippen molar-refractivity contribution in [3.05, 3.63) is 64.2 Å². The minimum atomic E-state index is -1.66. The molecule has 0 spiro atoms. The molecule has 0 fully saturated rings. The Bertz CT molecular complexity index is 911. The van der Waals surface area contributed by atoms with Crippen molar-refractivity contribution in [1.29, 1.82) is 0 Å². The molecule has 0 saturated heterocycles. The Labute approximate surface area is 150 Å². The van der Waals surface area contributed by atoms with Gasteiger partial charge >= 0.3 is 0 Å². The zero-order valence-electron chi connectivity index (χ0n) is 13.8. The van der Waals surface area contributed by atoms with Gasteiger partial charge in [0.15, 0.2) is 5.72 Å². The zero-order chi connectivity index (χ0) is 17.9. The lowest BCUT2D eigenvalue weighted by molar-refractivity contribution is -0.00866. The van der Waals surface area contributed by atoms with Crippen molar-refractivity contribution in [2.45, 2.75) is 25.6 Å². The first kappa shape index (κ1) is 16.1. The van der Waals surface area contributed by atoms with Gasteiger partial charge in [0.1, 0.15) is 0 Å². The number of hydrogen-bond acceptors (Lipinski definition) is 3. The molecular formula is C19H17ClN2O3. The smallest absolute Gasteiger partial charge is 0.261 e. The van der Waals surface area contributed by atoms with Crippen LogP contribution in [0.1, 0.15) is 40.1 Å². The van der Waals surface area contributed by atoms with E-state index in [0.717, 1.165) is 0 Å². The van der Waals surface area contributed by atoms with E-state index in [4.69, 9.17) is 11.6 Å². The maximum atomic E-state index is 13.1. The molecule has 128 valence electrons. The van der Waals surface area contributed by atoms with Gasteiger partial charge in [-0.2, -0.15) is 0 Å². The van der Waals surface area contributed by atoms with E-state index in [1.807, 2.05) is 13.8 Å². The van der Waals surface area contributed by atoms with Gasteiger partial charge in [-0.1, -0.05) is 43.6 Å². The molecule has 6 heteroatoms. The largest absolute Gasteiger partial charge is 0.365 e. The van der Waals surface area contributed by atoms with E-state index in [9.17, 15) is 14.7 Å². The number of benzene rings is 2. The zero-order valence-corrected chi connectivity index (χ0v) is 14.5. The number of halogens is 1. The maximum absolute atomic E-state index is 13.1. The Balaban J connectivity index is 2.06. The van der Waals surface area contributed by atoms with Gasteiger partial charge < -0.3 is 10.4 Å². The van der Waals surface area contributed by atoms with Crippen LogP contribution in [0.3, 0.4) is 0 Å². The summed E-state index contributed by atoms with van der Waals surface area (Å²) in [5.74, 6) is -0.798. The highest BCUT2D eigenvalue weighted by atomic mass is 35.5. The second-order valence-electron chi connectivity index (χ2n) is 6.77. The molecule has 0 radical (unpaired) electrons. The summed E-state index contributed by atoms with van der Waals surface area (Å²) in [7, 11) is 0. The quantitative estimate of drug-likeness (QED) is 0.825. The minimum Gasteiger partial charge on any atom is -0.365 e. The second-order valence-corrected chi connectivity index (χ2v) is 7.21. The van der Waals surface area contributed by atoms with Crippen LogP contribution >= 0.6 is 11.6 Å². The minimum absolute atomic E-state index is 0.111. The summed E-state index contributed by atoms with van der Waals surface area (Å²) in [6, 6.07) is 11.0. The number of nitrogens with zero attached hydrogens (tertiary/aromatic N) is 1. The van der Waals surface area contributed by atoms with Gasteiger partial charge in [0.2, 0.25) is 0 Å². The van der Waals surface area contributed by atoms with Crippen molar-refractivity contribution in [2.75, 3.05) is 4.90 Å². The molecule has 2 aromatic carbocycles. The van der Waals surface area contributed by atoms with Crippen LogP contribution < -0.4 is 10.2 Å². The Kier molecular flexibility index (Phi) is 3.42. The molecule has 0 saturated carbocycles. The number of hydrogen-bond donors (Lipinski definition) is 2. The van der Waals surface area contributed by atoms with Crippen LogP contribution in [0.25, 0.3) is 0 Å². The molecule has 2 N–H and O–H groups in total. The van der Waals surface area contributed by atoms with Crippen LogP contribution in [-0.4, -0.2) is 23.0 Å². The van der Waals surface area contributed by atoms with Crippen LogP contribution in [0.5, 0.6) is 0 Å². The number of fused-ring (bicyclic) bond motifs is 5. The topological polar surface area (TPSA) is 69.6 Å². The third-order valence-electron chi connectivity index (χ3n) is 4.93. The molecule has 2 aliphatic rings. The standard InChI is InChI=1S/C19H17ClN2O3/c1-10(2)16-19(25)14-6-4-3-5-12(14)18(24)22(19)15-8-7-11(20)9-13(15)17(23)21-16/h3-10,16,25H,1-2H3,(H,21,23)/t16-,19-/m0/s1. The van der Waals surface area contributed by atoms with Crippen LogP contribution in [0.2, 0.25) is 5.02 Å². The number of carbonyl (C=O) groups is 2. The lowest BCUT2D eigenvalue weighted by atomic mass is 9.87. The molecule has 4 rings (SSSR count). The Morgan fingerprint density at radius 3 is 2.60 bits per heavy atom. The predicted molar refractivity (Wildman–Crippen MR) is 94.7 cm³/mol. The number of aliphatic hydroxyl groups is 1. The predicted octanol–water partition coefficient (Wildman–Crippen LogP) is 2.91. The third kappa shape index (κ3) is 2.06. The van der Waals surface area contributed by atoms with E-state index in [1.54, 1.807) is 36.4 Å². The fourth-order valence-electron chi connectivity index (χ4n) is 3.82. The van der Waals surface area contributed by atoms with Crippen LogP contribution in [0, 0.1) is 5.92 Å². The van der Waals surface area contributed by atoms with Gasteiger partial charge in [-0.25, -0.2) is 0 Å². The molecule has 0 bridgehead atoms. The van der Waals surface area contributed by atoms with E-state index < -0.39 is 11.8 Å². The van der Waals surface area contributed by atoms with Crippen molar-refractivity contribution >= 4 is 29.1 Å². The Morgan fingerprint density at radius 1 is 1.16 bits per heavy atom.